The molecule has 0 aliphatic carbocycles. The number of aliphatic hydroxyl groups is 1. The Hall–Kier alpha value is -0.160. The van der Waals surface area contributed by atoms with Crippen molar-refractivity contribution in [3.8, 4) is 0 Å². The number of benzene rings is 2. The van der Waals surface area contributed by atoms with Gasteiger partial charge in [-0.2, -0.15) is 0 Å². The Balaban J connectivity index is 2.47. The van der Waals surface area contributed by atoms with E-state index in [4.69, 9.17) is 0 Å². The molecule has 0 amide bonds. The molecule has 1 unspecified atom stereocenters. The minimum Gasteiger partial charge on any atom is -0.384 e. The first-order chi connectivity index (χ1) is 8.49. The van der Waals surface area contributed by atoms with Gasteiger partial charge >= 0.3 is 0 Å². The van der Waals surface area contributed by atoms with Crippen LogP contribution in [0.4, 0.5) is 0 Å². The number of rotatable bonds is 2. The van der Waals surface area contributed by atoms with Crippen molar-refractivity contribution in [1.82, 2.24) is 0 Å². The first kappa shape index (κ1) is 14.3. The van der Waals surface area contributed by atoms with Gasteiger partial charge in [-0.25, -0.2) is 0 Å². The SMILES string of the molecule is Cc1cc(Br)ccc1C(O)c1cc(Br)ccc1Br. The highest BCUT2D eigenvalue weighted by atomic mass is 79.9. The number of aliphatic hydroxyl groups excluding tert-OH is 1. The Morgan fingerprint density at radius 2 is 1.50 bits per heavy atom. The molecule has 0 saturated heterocycles. The van der Waals surface area contributed by atoms with Crippen molar-refractivity contribution in [2.75, 3.05) is 0 Å². The summed E-state index contributed by atoms with van der Waals surface area (Å²) < 4.78 is 2.87. The fourth-order valence-corrected chi connectivity index (χ4v) is 3.16. The van der Waals surface area contributed by atoms with E-state index in [2.05, 4.69) is 47.8 Å². The second kappa shape index (κ2) is 5.87. The van der Waals surface area contributed by atoms with Gasteiger partial charge in [-0.3, -0.25) is 0 Å². The second-order valence-electron chi connectivity index (χ2n) is 4.07. The second-order valence-corrected chi connectivity index (χ2v) is 6.75. The highest BCUT2D eigenvalue weighted by molar-refractivity contribution is 9.11. The van der Waals surface area contributed by atoms with E-state index in [0.717, 1.165) is 30.1 Å². The van der Waals surface area contributed by atoms with Crippen LogP contribution in [0, 0.1) is 6.92 Å². The van der Waals surface area contributed by atoms with Gasteiger partial charge in [0.15, 0.2) is 0 Å². The van der Waals surface area contributed by atoms with Crippen molar-refractivity contribution in [2.45, 2.75) is 13.0 Å². The zero-order chi connectivity index (χ0) is 13.3. The van der Waals surface area contributed by atoms with Gasteiger partial charge in [0, 0.05) is 19.0 Å². The molecule has 18 heavy (non-hydrogen) atoms. The molecule has 0 bridgehead atoms. The highest BCUT2D eigenvalue weighted by Gasteiger charge is 2.16. The van der Waals surface area contributed by atoms with Gasteiger partial charge in [-0.15, -0.1) is 0 Å². The summed E-state index contributed by atoms with van der Waals surface area (Å²) in [4.78, 5) is 0. The molecule has 0 heterocycles. The van der Waals surface area contributed by atoms with E-state index in [1.165, 1.54) is 0 Å². The lowest BCUT2D eigenvalue weighted by Gasteiger charge is -2.16. The van der Waals surface area contributed by atoms with Crippen molar-refractivity contribution in [3.05, 3.63) is 66.5 Å². The summed E-state index contributed by atoms with van der Waals surface area (Å²) in [7, 11) is 0. The lowest BCUT2D eigenvalue weighted by molar-refractivity contribution is 0.218. The van der Waals surface area contributed by atoms with Crippen LogP contribution in [-0.2, 0) is 0 Å². The first-order valence-corrected chi connectivity index (χ1v) is 7.76. The Kier molecular flexibility index (Phi) is 4.64. The standard InChI is InChI=1S/C14H11Br3O/c1-8-6-9(15)2-4-11(8)14(18)12-7-10(16)3-5-13(12)17/h2-7,14,18H,1H3. The number of hydrogen-bond acceptors (Lipinski definition) is 1. The fraction of sp³-hybridized carbons (Fsp3) is 0.143. The number of hydrogen-bond donors (Lipinski definition) is 1. The van der Waals surface area contributed by atoms with Crippen molar-refractivity contribution in [3.63, 3.8) is 0 Å². The van der Waals surface area contributed by atoms with Crippen LogP contribution in [0.15, 0.2) is 49.8 Å². The maximum Gasteiger partial charge on any atom is 0.105 e. The molecule has 1 atom stereocenters. The highest BCUT2D eigenvalue weighted by Crippen LogP contribution is 2.33. The normalized spacial score (nSPS) is 12.5. The summed E-state index contributed by atoms with van der Waals surface area (Å²) in [5.74, 6) is 0. The first-order valence-electron chi connectivity index (χ1n) is 5.38. The van der Waals surface area contributed by atoms with Gasteiger partial charge in [0.25, 0.3) is 0 Å². The lowest BCUT2D eigenvalue weighted by Crippen LogP contribution is -2.03. The average molecular weight is 435 g/mol. The van der Waals surface area contributed by atoms with E-state index < -0.39 is 6.10 Å². The maximum absolute atomic E-state index is 10.5. The van der Waals surface area contributed by atoms with Gasteiger partial charge in [-0.1, -0.05) is 53.9 Å². The van der Waals surface area contributed by atoms with Crippen LogP contribution in [0.1, 0.15) is 22.8 Å². The van der Waals surface area contributed by atoms with Crippen LogP contribution in [0.2, 0.25) is 0 Å². The summed E-state index contributed by atoms with van der Waals surface area (Å²) >= 11 is 10.3. The molecular formula is C14H11Br3O. The van der Waals surface area contributed by atoms with E-state index in [9.17, 15) is 5.11 Å². The predicted octanol–water partition coefficient (Wildman–Crippen LogP) is 5.36. The smallest absolute Gasteiger partial charge is 0.105 e. The Bertz CT molecular complexity index is 581. The zero-order valence-electron chi connectivity index (χ0n) is 9.62. The molecule has 94 valence electrons. The largest absolute Gasteiger partial charge is 0.384 e. The molecule has 1 N–H and O–H groups in total. The van der Waals surface area contributed by atoms with Crippen molar-refractivity contribution < 1.29 is 5.11 Å². The third kappa shape index (κ3) is 3.05. The minimum atomic E-state index is -0.634. The molecule has 2 aromatic carbocycles. The molecule has 0 aromatic heterocycles. The van der Waals surface area contributed by atoms with Gasteiger partial charge in [-0.05, 0) is 48.4 Å². The van der Waals surface area contributed by atoms with Crippen molar-refractivity contribution in [2.24, 2.45) is 0 Å². The molecule has 0 radical (unpaired) electrons. The molecule has 2 aromatic rings. The monoisotopic (exact) mass is 432 g/mol. The molecule has 4 heteroatoms. The quantitative estimate of drug-likeness (QED) is 0.674. The van der Waals surface area contributed by atoms with Crippen LogP contribution < -0.4 is 0 Å². The molecule has 1 nitrogen and oxygen atoms in total. The number of halogens is 3. The van der Waals surface area contributed by atoms with E-state index in [1.807, 2.05) is 43.3 Å². The Morgan fingerprint density at radius 1 is 0.889 bits per heavy atom. The topological polar surface area (TPSA) is 20.2 Å². The van der Waals surface area contributed by atoms with Crippen LogP contribution in [-0.4, -0.2) is 5.11 Å². The third-order valence-corrected chi connectivity index (χ3v) is 4.49. The molecule has 0 fully saturated rings. The summed E-state index contributed by atoms with van der Waals surface area (Å²) in [6.45, 7) is 2.00. The fourth-order valence-electron chi connectivity index (χ4n) is 1.84. The lowest BCUT2D eigenvalue weighted by atomic mass is 9.98. The van der Waals surface area contributed by atoms with E-state index >= 15 is 0 Å². The van der Waals surface area contributed by atoms with Gasteiger partial charge in [0.05, 0.1) is 0 Å². The number of aryl methyl sites for hydroxylation is 1. The molecule has 0 aliphatic heterocycles. The zero-order valence-corrected chi connectivity index (χ0v) is 14.4. The summed E-state index contributed by atoms with van der Waals surface area (Å²) in [6.07, 6.45) is -0.634. The molecule has 0 spiro atoms. The Morgan fingerprint density at radius 3 is 2.17 bits per heavy atom. The van der Waals surface area contributed by atoms with E-state index in [1.54, 1.807) is 0 Å². The summed E-state index contributed by atoms with van der Waals surface area (Å²) in [5, 5.41) is 10.5. The predicted molar refractivity (Wildman–Crippen MR) is 84.8 cm³/mol. The molecule has 0 saturated carbocycles. The maximum atomic E-state index is 10.5. The van der Waals surface area contributed by atoms with Crippen LogP contribution in [0.5, 0.6) is 0 Å². The molecule has 2 rings (SSSR count). The molecular weight excluding hydrogens is 424 g/mol. The molecule has 0 aliphatic rings. The van der Waals surface area contributed by atoms with E-state index in [-0.39, 0.29) is 0 Å². The van der Waals surface area contributed by atoms with Crippen molar-refractivity contribution in [1.29, 1.82) is 0 Å². The summed E-state index contributed by atoms with van der Waals surface area (Å²) in [5.41, 5.74) is 2.83. The third-order valence-electron chi connectivity index (χ3n) is 2.78. The van der Waals surface area contributed by atoms with Gasteiger partial charge in [0.1, 0.15) is 6.10 Å². The van der Waals surface area contributed by atoms with Crippen LogP contribution >= 0.6 is 47.8 Å². The van der Waals surface area contributed by atoms with Gasteiger partial charge < -0.3 is 5.11 Å². The van der Waals surface area contributed by atoms with Crippen LogP contribution in [0.25, 0.3) is 0 Å². The minimum absolute atomic E-state index is 0.634. The van der Waals surface area contributed by atoms with Crippen molar-refractivity contribution >= 4 is 47.8 Å². The van der Waals surface area contributed by atoms with Gasteiger partial charge in [0.2, 0.25) is 0 Å². The van der Waals surface area contributed by atoms with E-state index in [0.29, 0.717) is 0 Å². The summed E-state index contributed by atoms with van der Waals surface area (Å²) in [6, 6.07) is 11.7. The average Bonchev–Trinajstić information content (AvgIpc) is 2.31. The van der Waals surface area contributed by atoms with Crippen LogP contribution in [0.3, 0.4) is 0 Å². The Labute approximate surface area is 132 Å².